The topological polar surface area (TPSA) is 58.4 Å². The molecule has 1 aliphatic rings. The van der Waals surface area contributed by atoms with Crippen molar-refractivity contribution in [3.8, 4) is 17.7 Å². The molecule has 130 valence electrons. The van der Waals surface area contributed by atoms with E-state index < -0.39 is 5.82 Å². The first-order valence-electron chi connectivity index (χ1n) is 8.27. The van der Waals surface area contributed by atoms with Gasteiger partial charge in [-0.3, -0.25) is 0 Å². The number of ether oxygens (including phenoxy) is 2. The molecule has 0 aliphatic carbocycles. The van der Waals surface area contributed by atoms with Gasteiger partial charge in [0.15, 0.2) is 11.6 Å². The van der Waals surface area contributed by atoms with E-state index in [4.69, 9.17) is 14.7 Å². The molecule has 1 aromatic heterocycles. The van der Waals surface area contributed by atoms with Gasteiger partial charge in [0.05, 0.1) is 17.3 Å². The third kappa shape index (κ3) is 4.68. The van der Waals surface area contributed by atoms with E-state index in [2.05, 4.69) is 16.9 Å². The number of hydrogen-bond donors (Lipinski definition) is 0. The van der Waals surface area contributed by atoms with Crippen molar-refractivity contribution in [2.75, 3.05) is 20.1 Å². The Kier molecular flexibility index (Phi) is 5.46. The van der Waals surface area contributed by atoms with Crippen molar-refractivity contribution < 1.29 is 13.9 Å². The van der Waals surface area contributed by atoms with Gasteiger partial charge >= 0.3 is 0 Å². The lowest BCUT2D eigenvalue weighted by Crippen LogP contribution is -2.35. The summed E-state index contributed by atoms with van der Waals surface area (Å²) in [7, 11) is 2.11. The van der Waals surface area contributed by atoms with Crippen LogP contribution in [-0.2, 0) is 6.61 Å². The van der Waals surface area contributed by atoms with Crippen molar-refractivity contribution in [1.29, 1.82) is 5.26 Å². The molecule has 1 saturated heterocycles. The van der Waals surface area contributed by atoms with Gasteiger partial charge in [-0.2, -0.15) is 5.26 Å². The molecule has 0 bridgehead atoms. The fourth-order valence-corrected chi connectivity index (χ4v) is 2.72. The van der Waals surface area contributed by atoms with Crippen molar-refractivity contribution in [3.63, 3.8) is 0 Å². The molecule has 6 heteroatoms. The van der Waals surface area contributed by atoms with E-state index in [0.29, 0.717) is 11.6 Å². The Morgan fingerprint density at radius 2 is 2.08 bits per heavy atom. The zero-order valence-electron chi connectivity index (χ0n) is 14.1. The summed E-state index contributed by atoms with van der Waals surface area (Å²) in [5, 5.41) is 8.76. The van der Waals surface area contributed by atoms with Gasteiger partial charge in [0.2, 0.25) is 5.88 Å². The van der Waals surface area contributed by atoms with Crippen LogP contribution in [0.15, 0.2) is 36.4 Å². The lowest BCUT2D eigenvalue weighted by molar-refractivity contribution is 0.109. The fraction of sp³-hybridized carbons (Fsp3) is 0.368. The molecule has 2 heterocycles. The largest absolute Gasteiger partial charge is 0.484 e. The Morgan fingerprint density at radius 1 is 1.28 bits per heavy atom. The monoisotopic (exact) mass is 341 g/mol. The first-order valence-corrected chi connectivity index (χ1v) is 8.27. The molecule has 0 amide bonds. The van der Waals surface area contributed by atoms with E-state index in [1.54, 1.807) is 0 Å². The van der Waals surface area contributed by atoms with Gasteiger partial charge in [0, 0.05) is 19.2 Å². The lowest BCUT2D eigenvalue weighted by atomic mass is 10.1. The number of halogens is 1. The van der Waals surface area contributed by atoms with Gasteiger partial charge in [0.1, 0.15) is 12.7 Å². The van der Waals surface area contributed by atoms with E-state index in [-0.39, 0.29) is 24.0 Å². The fourth-order valence-electron chi connectivity index (χ4n) is 2.72. The summed E-state index contributed by atoms with van der Waals surface area (Å²) < 4.78 is 25.3. The molecule has 2 aromatic rings. The summed E-state index contributed by atoms with van der Waals surface area (Å²) in [6.45, 7) is 2.17. The SMILES string of the molecule is CN1CCC(Oc2cccc(COc3ccc(C#N)cc3F)n2)CC1. The molecule has 0 saturated carbocycles. The molecular formula is C19H20FN3O2. The number of nitrogens with zero attached hydrogens (tertiary/aromatic N) is 3. The number of aromatic nitrogens is 1. The standard InChI is InChI=1S/C19H20FN3O2/c1-23-9-7-16(8-10-23)25-19-4-2-3-15(22-19)13-24-18-6-5-14(12-21)11-17(18)20/h2-6,11,16H,7-10,13H2,1H3. The second-order valence-corrected chi connectivity index (χ2v) is 6.13. The van der Waals surface area contributed by atoms with Gasteiger partial charge in [-0.05, 0) is 44.2 Å². The highest BCUT2D eigenvalue weighted by atomic mass is 19.1. The third-order valence-electron chi connectivity index (χ3n) is 4.17. The van der Waals surface area contributed by atoms with Crippen LogP contribution >= 0.6 is 0 Å². The maximum atomic E-state index is 13.8. The van der Waals surface area contributed by atoms with Gasteiger partial charge < -0.3 is 14.4 Å². The maximum absolute atomic E-state index is 13.8. The number of hydrogen-bond acceptors (Lipinski definition) is 5. The summed E-state index contributed by atoms with van der Waals surface area (Å²) in [5.41, 5.74) is 0.922. The van der Waals surface area contributed by atoms with Crippen molar-refractivity contribution >= 4 is 0 Å². The highest BCUT2D eigenvalue weighted by molar-refractivity contribution is 5.36. The Balaban J connectivity index is 1.59. The highest BCUT2D eigenvalue weighted by Gasteiger charge is 2.18. The minimum Gasteiger partial charge on any atom is -0.484 e. The average molecular weight is 341 g/mol. The molecule has 0 N–H and O–H groups in total. The summed E-state index contributed by atoms with van der Waals surface area (Å²) in [6, 6.07) is 11.5. The summed E-state index contributed by atoms with van der Waals surface area (Å²) in [5.74, 6) is 0.108. The average Bonchev–Trinajstić information content (AvgIpc) is 2.63. The molecule has 25 heavy (non-hydrogen) atoms. The van der Waals surface area contributed by atoms with E-state index >= 15 is 0 Å². The molecule has 0 atom stereocenters. The van der Waals surface area contributed by atoms with Crippen LogP contribution in [0.3, 0.4) is 0 Å². The molecule has 1 aromatic carbocycles. The molecular weight excluding hydrogens is 321 g/mol. The first kappa shape index (κ1) is 17.2. The zero-order valence-corrected chi connectivity index (χ0v) is 14.1. The van der Waals surface area contributed by atoms with Crippen LogP contribution in [0.25, 0.3) is 0 Å². The van der Waals surface area contributed by atoms with Crippen LogP contribution in [0.2, 0.25) is 0 Å². The molecule has 3 rings (SSSR count). The molecule has 5 nitrogen and oxygen atoms in total. The van der Waals surface area contributed by atoms with E-state index in [1.165, 1.54) is 12.1 Å². The highest BCUT2D eigenvalue weighted by Crippen LogP contribution is 2.20. The van der Waals surface area contributed by atoms with Crippen molar-refractivity contribution in [2.24, 2.45) is 0 Å². The molecule has 1 aliphatic heterocycles. The third-order valence-corrected chi connectivity index (χ3v) is 4.17. The van der Waals surface area contributed by atoms with E-state index in [9.17, 15) is 4.39 Å². The summed E-state index contributed by atoms with van der Waals surface area (Å²) in [6.07, 6.45) is 2.14. The van der Waals surface area contributed by atoms with Gasteiger partial charge in [-0.1, -0.05) is 6.07 Å². The minimum absolute atomic E-state index is 0.0995. The van der Waals surface area contributed by atoms with Crippen LogP contribution in [0.4, 0.5) is 4.39 Å². The van der Waals surface area contributed by atoms with Gasteiger partial charge in [-0.25, -0.2) is 9.37 Å². The van der Waals surface area contributed by atoms with Crippen LogP contribution in [0.5, 0.6) is 11.6 Å². The zero-order chi connectivity index (χ0) is 17.6. The Bertz CT molecular complexity index is 768. The van der Waals surface area contributed by atoms with Crippen LogP contribution < -0.4 is 9.47 Å². The minimum atomic E-state index is -0.558. The Hall–Kier alpha value is -2.65. The predicted octanol–water partition coefficient (Wildman–Crippen LogP) is 3.14. The number of benzene rings is 1. The van der Waals surface area contributed by atoms with E-state index in [0.717, 1.165) is 32.0 Å². The van der Waals surface area contributed by atoms with Gasteiger partial charge in [-0.15, -0.1) is 0 Å². The first-order chi connectivity index (χ1) is 12.1. The number of likely N-dealkylation sites (tertiary alicyclic amines) is 1. The molecule has 1 fully saturated rings. The summed E-state index contributed by atoms with van der Waals surface area (Å²) in [4.78, 5) is 6.71. The lowest BCUT2D eigenvalue weighted by Gasteiger charge is -2.28. The second kappa shape index (κ2) is 7.95. The maximum Gasteiger partial charge on any atom is 0.213 e. The predicted molar refractivity (Wildman–Crippen MR) is 90.8 cm³/mol. The number of pyridine rings is 1. The Labute approximate surface area is 146 Å². The van der Waals surface area contributed by atoms with Crippen LogP contribution in [0, 0.1) is 17.1 Å². The van der Waals surface area contributed by atoms with Crippen molar-refractivity contribution in [3.05, 3.63) is 53.5 Å². The number of rotatable bonds is 5. The smallest absolute Gasteiger partial charge is 0.213 e. The van der Waals surface area contributed by atoms with Crippen molar-refractivity contribution in [1.82, 2.24) is 9.88 Å². The van der Waals surface area contributed by atoms with E-state index in [1.807, 2.05) is 24.3 Å². The Morgan fingerprint density at radius 3 is 2.80 bits per heavy atom. The normalized spacial score (nSPS) is 15.6. The molecule has 0 spiro atoms. The molecule has 0 unspecified atom stereocenters. The van der Waals surface area contributed by atoms with Crippen LogP contribution in [0.1, 0.15) is 24.1 Å². The van der Waals surface area contributed by atoms with Crippen LogP contribution in [-0.4, -0.2) is 36.1 Å². The second-order valence-electron chi connectivity index (χ2n) is 6.13. The molecule has 0 radical (unpaired) electrons. The number of nitriles is 1. The quantitative estimate of drug-likeness (QED) is 0.836. The summed E-state index contributed by atoms with van der Waals surface area (Å²) >= 11 is 0. The number of piperidine rings is 1. The van der Waals surface area contributed by atoms with Gasteiger partial charge in [0.25, 0.3) is 0 Å². The van der Waals surface area contributed by atoms with Crippen molar-refractivity contribution in [2.45, 2.75) is 25.6 Å².